The standard InChI is InChI=1S/C10H19N3O/c1-9(8-12)4-5-10(14)13-7-3-2-6-11/h9H,2-5,7-8,12H2,1H3,(H,13,14). The van der Waals surface area contributed by atoms with E-state index in [1.165, 1.54) is 0 Å². The quantitative estimate of drug-likeness (QED) is 0.592. The highest BCUT2D eigenvalue weighted by Crippen LogP contribution is 2.02. The number of hydrogen-bond donors (Lipinski definition) is 2. The van der Waals surface area contributed by atoms with Crippen molar-refractivity contribution < 1.29 is 4.79 Å². The van der Waals surface area contributed by atoms with E-state index in [1.807, 2.05) is 13.0 Å². The molecule has 0 radical (unpaired) electrons. The Bertz CT molecular complexity index is 198. The van der Waals surface area contributed by atoms with Crippen molar-refractivity contribution in [2.45, 2.75) is 32.6 Å². The van der Waals surface area contributed by atoms with Crippen molar-refractivity contribution in [2.75, 3.05) is 13.1 Å². The van der Waals surface area contributed by atoms with Gasteiger partial charge >= 0.3 is 0 Å². The monoisotopic (exact) mass is 197 g/mol. The Balaban J connectivity index is 3.33. The second kappa shape index (κ2) is 8.52. The number of nitrogens with two attached hydrogens (primary N) is 1. The van der Waals surface area contributed by atoms with Crippen LogP contribution in [0.15, 0.2) is 0 Å². The summed E-state index contributed by atoms with van der Waals surface area (Å²) >= 11 is 0. The van der Waals surface area contributed by atoms with Gasteiger partial charge in [0.05, 0.1) is 6.07 Å². The molecule has 0 saturated heterocycles. The second-order valence-electron chi connectivity index (χ2n) is 3.49. The lowest BCUT2D eigenvalue weighted by atomic mass is 10.1. The van der Waals surface area contributed by atoms with Crippen molar-refractivity contribution in [1.29, 1.82) is 5.26 Å². The van der Waals surface area contributed by atoms with Crippen LogP contribution in [0, 0.1) is 17.2 Å². The highest BCUT2D eigenvalue weighted by molar-refractivity contribution is 5.75. The third-order valence-electron chi connectivity index (χ3n) is 2.05. The van der Waals surface area contributed by atoms with Crippen LogP contribution >= 0.6 is 0 Å². The lowest BCUT2D eigenvalue weighted by Gasteiger charge is -2.07. The molecule has 0 rings (SSSR count). The van der Waals surface area contributed by atoms with Gasteiger partial charge < -0.3 is 11.1 Å². The topological polar surface area (TPSA) is 78.9 Å². The van der Waals surface area contributed by atoms with Gasteiger partial charge in [0.15, 0.2) is 0 Å². The summed E-state index contributed by atoms with van der Waals surface area (Å²) in [6, 6.07) is 2.03. The minimum atomic E-state index is 0.0586. The minimum absolute atomic E-state index is 0.0586. The number of unbranched alkanes of at least 4 members (excludes halogenated alkanes) is 1. The Labute approximate surface area is 85.5 Å². The summed E-state index contributed by atoms with van der Waals surface area (Å²) in [6.07, 6.45) is 2.60. The predicted octanol–water partition coefficient (Wildman–Crippen LogP) is 0.781. The molecule has 0 bridgehead atoms. The number of hydrogen-bond acceptors (Lipinski definition) is 3. The molecule has 0 heterocycles. The molecule has 80 valence electrons. The van der Waals surface area contributed by atoms with E-state index in [0.717, 1.165) is 12.8 Å². The van der Waals surface area contributed by atoms with Gasteiger partial charge in [0.2, 0.25) is 5.91 Å². The van der Waals surface area contributed by atoms with Crippen LogP contribution in [-0.2, 0) is 4.79 Å². The fraction of sp³-hybridized carbons (Fsp3) is 0.800. The van der Waals surface area contributed by atoms with Crippen LogP contribution in [0.3, 0.4) is 0 Å². The molecule has 0 aromatic carbocycles. The van der Waals surface area contributed by atoms with Gasteiger partial charge in [0.1, 0.15) is 0 Å². The van der Waals surface area contributed by atoms with Crippen molar-refractivity contribution in [3.05, 3.63) is 0 Å². The van der Waals surface area contributed by atoms with Gasteiger partial charge in [0, 0.05) is 19.4 Å². The first-order valence-corrected chi connectivity index (χ1v) is 5.04. The molecule has 0 aliphatic heterocycles. The summed E-state index contributed by atoms with van der Waals surface area (Å²) < 4.78 is 0. The summed E-state index contributed by atoms with van der Waals surface area (Å²) in [6.45, 7) is 3.26. The zero-order valence-electron chi connectivity index (χ0n) is 8.75. The molecule has 3 N–H and O–H groups in total. The Morgan fingerprint density at radius 3 is 2.93 bits per heavy atom. The molecule has 0 aromatic heterocycles. The number of nitriles is 1. The molecular weight excluding hydrogens is 178 g/mol. The SMILES string of the molecule is CC(CN)CCC(=O)NCCCC#N. The molecule has 0 saturated carbocycles. The number of carbonyl (C=O) groups is 1. The van der Waals surface area contributed by atoms with Crippen LogP contribution in [0.2, 0.25) is 0 Å². The van der Waals surface area contributed by atoms with E-state index in [0.29, 0.717) is 31.8 Å². The number of rotatable bonds is 7. The number of nitrogens with zero attached hydrogens (tertiary/aromatic N) is 1. The molecule has 4 heteroatoms. The first-order chi connectivity index (χ1) is 6.70. The average molecular weight is 197 g/mol. The molecule has 0 fully saturated rings. The van der Waals surface area contributed by atoms with Gasteiger partial charge in [-0.2, -0.15) is 5.26 Å². The molecule has 0 aromatic rings. The lowest BCUT2D eigenvalue weighted by Crippen LogP contribution is -2.25. The largest absolute Gasteiger partial charge is 0.356 e. The van der Waals surface area contributed by atoms with Crippen molar-refractivity contribution in [1.82, 2.24) is 5.32 Å². The van der Waals surface area contributed by atoms with Gasteiger partial charge in [-0.05, 0) is 25.3 Å². The van der Waals surface area contributed by atoms with Gasteiger partial charge in [-0.15, -0.1) is 0 Å². The first kappa shape index (κ1) is 12.9. The molecule has 4 nitrogen and oxygen atoms in total. The summed E-state index contributed by atoms with van der Waals surface area (Å²) in [7, 11) is 0. The molecule has 1 amide bonds. The van der Waals surface area contributed by atoms with Crippen LogP contribution in [0.25, 0.3) is 0 Å². The molecule has 0 aliphatic carbocycles. The summed E-state index contributed by atoms with van der Waals surface area (Å²) in [5.74, 6) is 0.461. The van der Waals surface area contributed by atoms with Crippen molar-refractivity contribution in [3.63, 3.8) is 0 Å². The maximum atomic E-state index is 11.2. The normalized spacial score (nSPS) is 11.8. The van der Waals surface area contributed by atoms with Crippen LogP contribution in [0.5, 0.6) is 0 Å². The van der Waals surface area contributed by atoms with E-state index in [-0.39, 0.29) is 5.91 Å². The Morgan fingerprint density at radius 1 is 1.64 bits per heavy atom. The summed E-state index contributed by atoms with van der Waals surface area (Å²) in [5, 5.41) is 11.0. The Hall–Kier alpha value is -1.08. The van der Waals surface area contributed by atoms with Crippen LogP contribution in [0.4, 0.5) is 0 Å². The Morgan fingerprint density at radius 2 is 2.36 bits per heavy atom. The molecule has 0 spiro atoms. The summed E-state index contributed by atoms with van der Waals surface area (Å²) in [4.78, 5) is 11.2. The van der Waals surface area contributed by atoms with Gasteiger partial charge in [0.25, 0.3) is 0 Å². The smallest absolute Gasteiger partial charge is 0.220 e. The van der Waals surface area contributed by atoms with E-state index < -0.39 is 0 Å². The van der Waals surface area contributed by atoms with Gasteiger partial charge in [-0.3, -0.25) is 4.79 Å². The second-order valence-corrected chi connectivity index (χ2v) is 3.49. The van der Waals surface area contributed by atoms with Crippen molar-refractivity contribution in [2.24, 2.45) is 11.7 Å². The molecule has 1 unspecified atom stereocenters. The zero-order chi connectivity index (χ0) is 10.8. The third kappa shape index (κ3) is 7.56. The van der Waals surface area contributed by atoms with Gasteiger partial charge in [-0.25, -0.2) is 0 Å². The van der Waals surface area contributed by atoms with E-state index in [1.54, 1.807) is 0 Å². The van der Waals surface area contributed by atoms with Crippen LogP contribution in [-0.4, -0.2) is 19.0 Å². The predicted molar refractivity (Wildman–Crippen MR) is 55.3 cm³/mol. The Kier molecular flexibility index (Phi) is 7.86. The fourth-order valence-corrected chi connectivity index (χ4v) is 0.979. The molecule has 1 atom stereocenters. The highest BCUT2D eigenvalue weighted by atomic mass is 16.1. The average Bonchev–Trinajstić information content (AvgIpc) is 2.21. The fourth-order valence-electron chi connectivity index (χ4n) is 0.979. The zero-order valence-corrected chi connectivity index (χ0v) is 8.75. The van der Waals surface area contributed by atoms with Gasteiger partial charge in [-0.1, -0.05) is 6.92 Å². The first-order valence-electron chi connectivity index (χ1n) is 5.04. The summed E-state index contributed by atoms with van der Waals surface area (Å²) in [5.41, 5.74) is 5.43. The molecule has 14 heavy (non-hydrogen) atoms. The molecular formula is C10H19N3O. The van der Waals surface area contributed by atoms with Crippen molar-refractivity contribution >= 4 is 5.91 Å². The number of carbonyl (C=O) groups excluding carboxylic acids is 1. The van der Waals surface area contributed by atoms with Crippen molar-refractivity contribution in [3.8, 4) is 6.07 Å². The van der Waals surface area contributed by atoms with E-state index in [2.05, 4.69) is 5.32 Å². The number of amides is 1. The van der Waals surface area contributed by atoms with E-state index >= 15 is 0 Å². The van der Waals surface area contributed by atoms with Crippen LogP contribution < -0.4 is 11.1 Å². The van der Waals surface area contributed by atoms with Crippen LogP contribution in [0.1, 0.15) is 32.6 Å². The maximum absolute atomic E-state index is 11.2. The maximum Gasteiger partial charge on any atom is 0.220 e. The highest BCUT2D eigenvalue weighted by Gasteiger charge is 2.04. The number of nitrogens with one attached hydrogen (secondary N) is 1. The third-order valence-corrected chi connectivity index (χ3v) is 2.05. The van der Waals surface area contributed by atoms with E-state index in [9.17, 15) is 4.79 Å². The van der Waals surface area contributed by atoms with E-state index in [4.69, 9.17) is 11.0 Å². The lowest BCUT2D eigenvalue weighted by molar-refractivity contribution is -0.121. The molecule has 0 aliphatic rings. The minimum Gasteiger partial charge on any atom is -0.356 e.